The third kappa shape index (κ3) is 6.10. The fourth-order valence-electron chi connectivity index (χ4n) is 2.47. The van der Waals surface area contributed by atoms with Crippen molar-refractivity contribution in [1.29, 1.82) is 0 Å². The minimum absolute atomic E-state index is 0.0874. The van der Waals surface area contributed by atoms with Gasteiger partial charge < -0.3 is 14.6 Å². The van der Waals surface area contributed by atoms with E-state index >= 15 is 0 Å². The Morgan fingerprint density at radius 1 is 1.00 bits per heavy atom. The molecular formula is C23H22N2O4. The molecule has 1 atom stereocenters. The van der Waals surface area contributed by atoms with E-state index in [1.165, 1.54) is 6.21 Å². The van der Waals surface area contributed by atoms with Crippen molar-refractivity contribution in [2.75, 3.05) is 0 Å². The van der Waals surface area contributed by atoms with E-state index in [2.05, 4.69) is 10.5 Å². The Labute approximate surface area is 169 Å². The van der Waals surface area contributed by atoms with Crippen molar-refractivity contribution < 1.29 is 19.4 Å². The third-order valence-electron chi connectivity index (χ3n) is 4.07. The van der Waals surface area contributed by atoms with Crippen molar-refractivity contribution in [2.24, 2.45) is 5.10 Å². The van der Waals surface area contributed by atoms with E-state index in [0.29, 0.717) is 23.7 Å². The molecule has 1 amide bonds. The van der Waals surface area contributed by atoms with Gasteiger partial charge in [0, 0.05) is 5.56 Å². The van der Waals surface area contributed by atoms with Crippen LogP contribution in [0.3, 0.4) is 0 Å². The molecule has 1 unspecified atom stereocenters. The molecule has 0 heterocycles. The summed E-state index contributed by atoms with van der Waals surface area (Å²) in [6.45, 7) is 2.11. The van der Waals surface area contributed by atoms with E-state index in [9.17, 15) is 9.90 Å². The normalized spacial score (nSPS) is 11.8. The van der Waals surface area contributed by atoms with Gasteiger partial charge in [-0.2, -0.15) is 5.10 Å². The van der Waals surface area contributed by atoms with E-state index in [-0.39, 0.29) is 5.75 Å². The Morgan fingerprint density at radius 3 is 2.38 bits per heavy atom. The fraction of sp³-hybridized carbons (Fsp3) is 0.130. The Kier molecular flexibility index (Phi) is 6.84. The summed E-state index contributed by atoms with van der Waals surface area (Å²) in [4.78, 5) is 12.1. The van der Waals surface area contributed by atoms with Gasteiger partial charge in [-0.3, -0.25) is 4.79 Å². The Hall–Kier alpha value is -3.80. The summed E-state index contributed by atoms with van der Waals surface area (Å²) in [6.07, 6.45) is 0.631. The predicted octanol–water partition coefficient (Wildman–Crippen LogP) is 3.89. The van der Waals surface area contributed by atoms with Crippen LogP contribution in [0.5, 0.6) is 17.2 Å². The summed E-state index contributed by atoms with van der Waals surface area (Å²) in [5.74, 6) is 0.945. The van der Waals surface area contributed by atoms with Gasteiger partial charge in [0.05, 0.1) is 6.21 Å². The standard InChI is InChI=1S/C23H22N2O4/c1-17(23(27)25-24-15-19-9-5-6-10-22(19)26)29-21-13-11-20(12-14-21)28-16-18-7-3-2-4-8-18/h2-15,17,26H,16H2,1H3,(H,25,27)/b24-15+. The van der Waals surface area contributed by atoms with Gasteiger partial charge in [-0.15, -0.1) is 0 Å². The zero-order chi connectivity index (χ0) is 20.5. The number of phenols is 1. The van der Waals surface area contributed by atoms with Gasteiger partial charge in [0.25, 0.3) is 5.91 Å². The Bertz CT molecular complexity index is 956. The van der Waals surface area contributed by atoms with Crippen molar-refractivity contribution in [3.63, 3.8) is 0 Å². The lowest BCUT2D eigenvalue weighted by Crippen LogP contribution is -2.33. The minimum atomic E-state index is -0.743. The lowest BCUT2D eigenvalue weighted by atomic mass is 10.2. The number of aromatic hydroxyl groups is 1. The fourth-order valence-corrected chi connectivity index (χ4v) is 2.47. The second-order valence-corrected chi connectivity index (χ2v) is 6.30. The van der Waals surface area contributed by atoms with Gasteiger partial charge in [0.2, 0.25) is 0 Å². The molecule has 29 heavy (non-hydrogen) atoms. The maximum absolute atomic E-state index is 12.1. The first-order valence-electron chi connectivity index (χ1n) is 9.16. The van der Waals surface area contributed by atoms with E-state index in [4.69, 9.17) is 9.47 Å². The minimum Gasteiger partial charge on any atom is -0.507 e. The summed E-state index contributed by atoms with van der Waals surface area (Å²) < 4.78 is 11.4. The number of para-hydroxylation sites is 1. The van der Waals surface area contributed by atoms with Crippen LogP contribution >= 0.6 is 0 Å². The molecule has 0 aromatic heterocycles. The molecule has 0 radical (unpaired) electrons. The number of carbonyl (C=O) groups is 1. The molecule has 0 fully saturated rings. The monoisotopic (exact) mass is 390 g/mol. The summed E-state index contributed by atoms with van der Waals surface area (Å²) in [6, 6.07) is 23.7. The molecule has 0 spiro atoms. The van der Waals surface area contributed by atoms with Crippen molar-refractivity contribution in [1.82, 2.24) is 5.43 Å². The smallest absolute Gasteiger partial charge is 0.280 e. The lowest BCUT2D eigenvalue weighted by molar-refractivity contribution is -0.127. The SMILES string of the molecule is CC(Oc1ccc(OCc2ccccc2)cc1)C(=O)N/N=C/c1ccccc1O. The number of nitrogens with zero attached hydrogens (tertiary/aromatic N) is 1. The van der Waals surface area contributed by atoms with E-state index < -0.39 is 12.0 Å². The summed E-state index contributed by atoms with van der Waals surface area (Å²) >= 11 is 0. The molecule has 0 saturated heterocycles. The van der Waals surface area contributed by atoms with Gasteiger partial charge in [0.1, 0.15) is 23.9 Å². The number of benzene rings is 3. The molecule has 6 heteroatoms. The molecule has 3 aromatic rings. The highest BCUT2D eigenvalue weighted by Gasteiger charge is 2.14. The molecule has 6 nitrogen and oxygen atoms in total. The van der Waals surface area contributed by atoms with Gasteiger partial charge in [-0.25, -0.2) is 5.43 Å². The Balaban J connectivity index is 1.47. The maximum Gasteiger partial charge on any atom is 0.280 e. The van der Waals surface area contributed by atoms with Crippen molar-refractivity contribution >= 4 is 12.1 Å². The number of nitrogens with one attached hydrogen (secondary N) is 1. The van der Waals surface area contributed by atoms with Crippen LogP contribution in [0, 0.1) is 0 Å². The quantitative estimate of drug-likeness (QED) is 0.452. The van der Waals surface area contributed by atoms with Crippen molar-refractivity contribution in [3.05, 3.63) is 90.0 Å². The number of carbonyl (C=O) groups excluding carboxylic acids is 1. The number of hydrogen-bond acceptors (Lipinski definition) is 5. The number of ether oxygens (including phenoxy) is 2. The highest BCUT2D eigenvalue weighted by Crippen LogP contribution is 2.20. The van der Waals surface area contributed by atoms with Crippen LogP contribution in [-0.2, 0) is 11.4 Å². The first-order valence-corrected chi connectivity index (χ1v) is 9.16. The van der Waals surface area contributed by atoms with E-state index in [1.807, 2.05) is 30.3 Å². The summed E-state index contributed by atoms with van der Waals surface area (Å²) in [7, 11) is 0. The van der Waals surface area contributed by atoms with Crippen LogP contribution in [-0.4, -0.2) is 23.3 Å². The number of hydrogen-bond donors (Lipinski definition) is 2. The molecule has 3 aromatic carbocycles. The van der Waals surface area contributed by atoms with E-state index in [1.54, 1.807) is 55.5 Å². The van der Waals surface area contributed by atoms with Crippen LogP contribution < -0.4 is 14.9 Å². The van der Waals surface area contributed by atoms with Gasteiger partial charge in [-0.05, 0) is 48.9 Å². The molecule has 0 aliphatic rings. The molecule has 3 rings (SSSR count). The van der Waals surface area contributed by atoms with Gasteiger partial charge >= 0.3 is 0 Å². The molecule has 0 saturated carbocycles. The molecule has 0 bridgehead atoms. The van der Waals surface area contributed by atoms with Gasteiger partial charge in [-0.1, -0.05) is 42.5 Å². The second kappa shape index (κ2) is 9.94. The maximum atomic E-state index is 12.1. The zero-order valence-electron chi connectivity index (χ0n) is 16.0. The average molecular weight is 390 g/mol. The largest absolute Gasteiger partial charge is 0.507 e. The molecule has 0 aliphatic carbocycles. The van der Waals surface area contributed by atoms with Crippen LogP contribution in [0.2, 0.25) is 0 Å². The van der Waals surface area contributed by atoms with Crippen molar-refractivity contribution in [3.8, 4) is 17.2 Å². The zero-order valence-corrected chi connectivity index (χ0v) is 16.0. The highest BCUT2D eigenvalue weighted by molar-refractivity contribution is 5.86. The molecule has 0 aliphatic heterocycles. The Morgan fingerprint density at radius 2 is 1.66 bits per heavy atom. The lowest BCUT2D eigenvalue weighted by Gasteiger charge is -2.13. The van der Waals surface area contributed by atoms with Crippen LogP contribution in [0.1, 0.15) is 18.1 Å². The summed E-state index contributed by atoms with van der Waals surface area (Å²) in [5.41, 5.74) is 3.99. The van der Waals surface area contributed by atoms with Crippen LogP contribution in [0.4, 0.5) is 0 Å². The summed E-state index contributed by atoms with van der Waals surface area (Å²) in [5, 5.41) is 13.5. The first-order chi connectivity index (χ1) is 14.1. The van der Waals surface area contributed by atoms with E-state index in [0.717, 1.165) is 5.56 Å². The number of phenolic OH excluding ortho intramolecular Hbond substituents is 1. The number of amides is 1. The second-order valence-electron chi connectivity index (χ2n) is 6.30. The first kappa shape index (κ1) is 19.9. The molecule has 2 N–H and O–H groups in total. The molecular weight excluding hydrogens is 368 g/mol. The molecule has 148 valence electrons. The van der Waals surface area contributed by atoms with Crippen LogP contribution in [0.25, 0.3) is 0 Å². The highest BCUT2D eigenvalue weighted by atomic mass is 16.5. The number of rotatable bonds is 8. The van der Waals surface area contributed by atoms with Crippen LogP contribution in [0.15, 0.2) is 84.0 Å². The topological polar surface area (TPSA) is 80.2 Å². The van der Waals surface area contributed by atoms with Crippen molar-refractivity contribution in [2.45, 2.75) is 19.6 Å². The number of hydrazone groups is 1. The van der Waals surface area contributed by atoms with Gasteiger partial charge in [0.15, 0.2) is 6.10 Å². The predicted molar refractivity (Wildman–Crippen MR) is 111 cm³/mol. The average Bonchev–Trinajstić information content (AvgIpc) is 2.75. The third-order valence-corrected chi connectivity index (χ3v) is 4.07.